The lowest BCUT2D eigenvalue weighted by molar-refractivity contribution is -0.121. The molecule has 0 spiro atoms. The Hall–Kier alpha value is -2.14. The summed E-state index contributed by atoms with van der Waals surface area (Å²) in [4.78, 5) is 12.0. The summed E-state index contributed by atoms with van der Waals surface area (Å²) < 4.78 is 1.77. The van der Waals surface area contributed by atoms with E-state index in [1.165, 1.54) is 0 Å². The maximum atomic E-state index is 12.0. The van der Waals surface area contributed by atoms with Crippen LogP contribution in [0.3, 0.4) is 0 Å². The number of carbonyl (C=O) groups is 1. The van der Waals surface area contributed by atoms with Crippen LogP contribution in [0.25, 0.3) is 5.69 Å². The number of nitrogens with zero attached hydrogens (tertiary/aromatic N) is 2. The molecule has 5 nitrogen and oxygen atoms in total. The average molecular weight is 301 g/mol. The maximum absolute atomic E-state index is 12.0. The highest BCUT2D eigenvalue weighted by molar-refractivity contribution is 5.78. The highest BCUT2D eigenvalue weighted by Gasteiger charge is 2.13. The average Bonchev–Trinajstić information content (AvgIpc) is 3.01. The molecule has 0 bridgehead atoms. The highest BCUT2D eigenvalue weighted by Crippen LogP contribution is 2.10. The van der Waals surface area contributed by atoms with Crippen LogP contribution in [0.1, 0.15) is 25.8 Å². The molecule has 118 valence electrons. The molecule has 5 heteroatoms. The van der Waals surface area contributed by atoms with Gasteiger partial charge in [-0.25, -0.2) is 4.68 Å². The fourth-order valence-electron chi connectivity index (χ4n) is 2.40. The number of aliphatic hydroxyl groups is 1. The summed E-state index contributed by atoms with van der Waals surface area (Å²) in [5.41, 5.74) is 1.90. The zero-order chi connectivity index (χ0) is 15.9. The largest absolute Gasteiger partial charge is 0.394 e. The second-order valence-electron chi connectivity index (χ2n) is 5.87. The van der Waals surface area contributed by atoms with Gasteiger partial charge in [0.25, 0.3) is 0 Å². The molecule has 1 aromatic heterocycles. The van der Waals surface area contributed by atoms with Gasteiger partial charge in [0.2, 0.25) is 5.91 Å². The van der Waals surface area contributed by atoms with Gasteiger partial charge < -0.3 is 10.4 Å². The topological polar surface area (TPSA) is 67.2 Å². The zero-order valence-corrected chi connectivity index (χ0v) is 13.1. The number of aromatic nitrogens is 2. The standard InChI is InChI=1S/C17H23N3O2/c1-13(2)10-15(12-21)19-17(22)11-14-4-6-16(7-5-14)20-9-3-8-18-20/h3-9,13,15,21H,10-12H2,1-2H3,(H,19,22). The molecule has 1 unspecified atom stereocenters. The van der Waals surface area contributed by atoms with Gasteiger partial charge in [0, 0.05) is 12.4 Å². The molecular formula is C17H23N3O2. The summed E-state index contributed by atoms with van der Waals surface area (Å²) in [7, 11) is 0. The van der Waals surface area contributed by atoms with Crippen LogP contribution in [0.5, 0.6) is 0 Å². The summed E-state index contributed by atoms with van der Waals surface area (Å²) in [6.45, 7) is 4.12. The van der Waals surface area contributed by atoms with Gasteiger partial charge >= 0.3 is 0 Å². The Kier molecular flexibility index (Phi) is 5.72. The predicted molar refractivity (Wildman–Crippen MR) is 85.7 cm³/mol. The van der Waals surface area contributed by atoms with E-state index in [-0.39, 0.29) is 18.6 Å². The van der Waals surface area contributed by atoms with E-state index in [1.807, 2.05) is 36.5 Å². The number of hydrogen-bond donors (Lipinski definition) is 2. The van der Waals surface area contributed by atoms with Gasteiger partial charge in [-0.1, -0.05) is 26.0 Å². The molecule has 1 aromatic carbocycles. The predicted octanol–water partition coefficient (Wildman–Crippen LogP) is 1.94. The summed E-state index contributed by atoms with van der Waals surface area (Å²) in [5, 5.41) is 16.4. The molecule has 0 fully saturated rings. The van der Waals surface area contributed by atoms with Crippen molar-refractivity contribution in [3.63, 3.8) is 0 Å². The highest BCUT2D eigenvalue weighted by atomic mass is 16.3. The van der Waals surface area contributed by atoms with E-state index in [0.717, 1.165) is 17.7 Å². The van der Waals surface area contributed by atoms with Crippen molar-refractivity contribution in [2.24, 2.45) is 5.92 Å². The smallest absolute Gasteiger partial charge is 0.224 e. The Morgan fingerprint density at radius 3 is 2.59 bits per heavy atom. The minimum Gasteiger partial charge on any atom is -0.394 e. The Bertz CT molecular complexity index is 576. The van der Waals surface area contributed by atoms with Crippen LogP contribution in [0.4, 0.5) is 0 Å². The van der Waals surface area contributed by atoms with Gasteiger partial charge in [-0.05, 0) is 36.1 Å². The molecule has 2 rings (SSSR count). The molecule has 22 heavy (non-hydrogen) atoms. The van der Waals surface area contributed by atoms with E-state index >= 15 is 0 Å². The normalized spacial score (nSPS) is 12.4. The molecule has 2 N–H and O–H groups in total. The third-order valence-corrected chi connectivity index (χ3v) is 3.41. The van der Waals surface area contributed by atoms with Crippen molar-refractivity contribution in [1.29, 1.82) is 0 Å². The van der Waals surface area contributed by atoms with Crippen molar-refractivity contribution >= 4 is 5.91 Å². The first-order valence-corrected chi connectivity index (χ1v) is 7.57. The molecule has 0 aliphatic rings. The number of benzene rings is 1. The quantitative estimate of drug-likeness (QED) is 0.821. The summed E-state index contributed by atoms with van der Waals surface area (Å²) >= 11 is 0. The van der Waals surface area contributed by atoms with Crippen molar-refractivity contribution in [2.75, 3.05) is 6.61 Å². The molecule has 1 atom stereocenters. The van der Waals surface area contributed by atoms with Gasteiger partial charge in [0.15, 0.2) is 0 Å². The van der Waals surface area contributed by atoms with Crippen molar-refractivity contribution in [3.05, 3.63) is 48.3 Å². The van der Waals surface area contributed by atoms with Gasteiger partial charge in [0.1, 0.15) is 0 Å². The molecule has 0 radical (unpaired) electrons. The lowest BCUT2D eigenvalue weighted by atomic mass is 10.0. The summed E-state index contributed by atoms with van der Waals surface area (Å²) in [5.74, 6) is 0.373. The number of amides is 1. The van der Waals surface area contributed by atoms with Gasteiger partial charge in [-0.15, -0.1) is 0 Å². The first-order valence-electron chi connectivity index (χ1n) is 7.57. The SMILES string of the molecule is CC(C)CC(CO)NC(=O)Cc1ccc(-n2cccn2)cc1. The number of nitrogens with one attached hydrogen (secondary N) is 1. The lowest BCUT2D eigenvalue weighted by Gasteiger charge is -2.18. The molecule has 2 aromatic rings. The van der Waals surface area contributed by atoms with Gasteiger partial charge in [-0.3, -0.25) is 4.79 Å². The molecule has 0 saturated carbocycles. The summed E-state index contributed by atoms with van der Waals surface area (Å²) in [6.07, 6.45) is 4.69. The Morgan fingerprint density at radius 1 is 1.32 bits per heavy atom. The van der Waals surface area contributed by atoms with Crippen molar-refractivity contribution in [3.8, 4) is 5.69 Å². The first kappa shape index (κ1) is 16.2. The van der Waals surface area contributed by atoms with Crippen LogP contribution >= 0.6 is 0 Å². The third-order valence-electron chi connectivity index (χ3n) is 3.41. The second-order valence-corrected chi connectivity index (χ2v) is 5.87. The second kappa shape index (κ2) is 7.75. The van der Waals surface area contributed by atoms with E-state index in [4.69, 9.17) is 0 Å². The molecule has 1 amide bonds. The van der Waals surface area contributed by atoms with E-state index < -0.39 is 0 Å². The fraction of sp³-hybridized carbons (Fsp3) is 0.412. The van der Waals surface area contributed by atoms with Crippen LogP contribution in [-0.4, -0.2) is 33.4 Å². The Labute approximate surface area is 131 Å². The van der Waals surface area contributed by atoms with E-state index in [9.17, 15) is 9.90 Å². The summed E-state index contributed by atoms with van der Waals surface area (Å²) in [6, 6.07) is 9.42. The number of hydrogen-bond acceptors (Lipinski definition) is 3. The van der Waals surface area contributed by atoms with Crippen LogP contribution in [0.15, 0.2) is 42.7 Å². The van der Waals surface area contributed by atoms with Gasteiger partial charge in [0.05, 0.1) is 24.8 Å². The molecule has 0 saturated heterocycles. The van der Waals surface area contributed by atoms with Crippen molar-refractivity contribution < 1.29 is 9.90 Å². The van der Waals surface area contributed by atoms with E-state index in [1.54, 1.807) is 10.9 Å². The monoisotopic (exact) mass is 301 g/mol. The Balaban J connectivity index is 1.91. The first-order chi connectivity index (χ1) is 10.6. The minimum atomic E-state index is -0.171. The fourth-order valence-corrected chi connectivity index (χ4v) is 2.40. The van der Waals surface area contributed by atoms with E-state index in [0.29, 0.717) is 12.3 Å². The van der Waals surface area contributed by atoms with Crippen LogP contribution in [0, 0.1) is 5.92 Å². The zero-order valence-electron chi connectivity index (χ0n) is 13.1. The molecular weight excluding hydrogens is 278 g/mol. The lowest BCUT2D eigenvalue weighted by Crippen LogP contribution is -2.39. The third kappa shape index (κ3) is 4.70. The molecule has 0 aliphatic heterocycles. The van der Waals surface area contributed by atoms with Crippen LogP contribution < -0.4 is 5.32 Å². The molecule has 0 aliphatic carbocycles. The van der Waals surface area contributed by atoms with Crippen molar-refractivity contribution in [1.82, 2.24) is 15.1 Å². The van der Waals surface area contributed by atoms with Gasteiger partial charge in [-0.2, -0.15) is 5.10 Å². The van der Waals surface area contributed by atoms with Crippen molar-refractivity contribution in [2.45, 2.75) is 32.7 Å². The van der Waals surface area contributed by atoms with Crippen LogP contribution in [0.2, 0.25) is 0 Å². The number of aliphatic hydroxyl groups excluding tert-OH is 1. The molecule has 1 heterocycles. The van der Waals surface area contributed by atoms with Crippen LogP contribution in [-0.2, 0) is 11.2 Å². The minimum absolute atomic E-state index is 0.0256. The number of carbonyl (C=O) groups excluding carboxylic acids is 1. The maximum Gasteiger partial charge on any atom is 0.224 e. The number of rotatable bonds is 7. The Morgan fingerprint density at radius 2 is 2.05 bits per heavy atom. The van der Waals surface area contributed by atoms with E-state index in [2.05, 4.69) is 24.3 Å².